The molecule has 0 aromatic rings. The van der Waals surface area contributed by atoms with Crippen molar-refractivity contribution in [3.05, 3.63) is 11.8 Å². The van der Waals surface area contributed by atoms with Gasteiger partial charge in [0.1, 0.15) is 6.73 Å². The average Bonchev–Trinajstić information content (AvgIpc) is 1.88. The monoisotopic (exact) mass is 129 g/mol. The minimum atomic E-state index is 0.0413. The molecule has 0 saturated carbocycles. The van der Waals surface area contributed by atoms with E-state index in [0.717, 1.165) is 18.5 Å². The van der Waals surface area contributed by atoms with Crippen molar-refractivity contribution < 1.29 is 5.11 Å². The quantitative estimate of drug-likeness (QED) is 0.559. The number of nitrogens with one attached hydrogen (secondary N) is 1. The van der Waals surface area contributed by atoms with E-state index in [1.807, 2.05) is 13.0 Å². The maximum Gasteiger partial charge on any atom is 0.113 e. The van der Waals surface area contributed by atoms with Gasteiger partial charge >= 0.3 is 0 Å². The summed E-state index contributed by atoms with van der Waals surface area (Å²) in [6.45, 7) is 4.12. The van der Waals surface area contributed by atoms with Crippen molar-refractivity contribution in [3.63, 3.8) is 0 Å². The van der Waals surface area contributed by atoms with Crippen LogP contribution in [0.15, 0.2) is 11.8 Å². The van der Waals surface area contributed by atoms with Gasteiger partial charge in [0.2, 0.25) is 0 Å². The van der Waals surface area contributed by atoms with Crippen molar-refractivity contribution in [3.8, 4) is 0 Å². The Morgan fingerprint density at radius 2 is 2.33 bits per heavy atom. The molecule has 0 rings (SSSR count). The van der Waals surface area contributed by atoms with Gasteiger partial charge in [-0.05, 0) is 13.3 Å². The summed E-state index contributed by atoms with van der Waals surface area (Å²) < 4.78 is 0. The molecule has 0 heterocycles. The molecule has 0 aliphatic carbocycles. The fraction of sp³-hybridized carbons (Fsp3) is 0.714. The van der Waals surface area contributed by atoms with Crippen molar-refractivity contribution in [1.82, 2.24) is 5.32 Å². The second-order valence-electron chi connectivity index (χ2n) is 1.90. The fourth-order valence-corrected chi connectivity index (χ4v) is 0.706. The Kier molecular flexibility index (Phi) is 5.32. The first-order chi connectivity index (χ1) is 4.35. The van der Waals surface area contributed by atoms with E-state index in [1.54, 1.807) is 0 Å². The lowest BCUT2D eigenvalue weighted by atomic mass is 10.2. The summed E-state index contributed by atoms with van der Waals surface area (Å²) in [7, 11) is 0. The van der Waals surface area contributed by atoms with E-state index in [0.29, 0.717) is 0 Å². The Labute approximate surface area is 56.6 Å². The van der Waals surface area contributed by atoms with E-state index in [-0.39, 0.29) is 6.73 Å². The predicted molar refractivity (Wildman–Crippen MR) is 38.9 cm³/mol. The largest absolute Gasteiger partial charge is 0.377 e. The summed E-state index contributed by atoms with van der Waals surface area (Å²) >= 11 is 0. The van der Waals surface area contributed by atoms with Crippen molar-refractivity contribution >= 4 is 0 Å². The Balaban J connectivity index is 3.43. The molecule has 0 saturated heterocycles. The molecule has 2 nitrogen and oxygen atoms in total. The van der Waals surface area contributed by atoms with Crippen LogP contribution < -0.4 is 5.32 Å². The second kappa shape index (κ2) is 5.63. The third-order valence-corrected chi connectivity index (χ3v) is 1.17. The third-order valence-electron chi connectivity index (χ3n) is 1.17. The third kappa shape index (κ3) is 4.03. The fourth-order valence-electron chi connectivity index (χ4n) is 0.706. The van der Waals surface area contributed by atoms with Gasteiger partial charge in [-0.25, -0.2) is 0 Å². The molecule has 0 fully saturated rings. The normalized spacial score (nSPS) is 11.7. The molecule has 54 valence electrons. The lowest BCUT2D eigenvalue weighted by Crippen LogP contribution is -2.13. The van der Waals surface area contributed by atoms with Crippen LogP contribution in [0.25, 0.3) is 0 Å². The standard InChI is InChI=1S/C7H15NO/c1-3-5-7(4-2)8-6-9/h4,8-9H,3,5-6H2,1-2H3. The van der Waals surface area contributed by atoms with Gasteiger partial charge in [0.25, 0.3) is 0 Å². The molecule has 0 amide bonds. The summed E-state index contributed by atoms with van der Waals surface area (Å²) in [5.41, 5.74) is 1.13. The van der Waals surface area contributed by atoms with Gasteiger partial charge in [-0.2, -0.15) is 0 Å². The van der Waals surface area contributed by atoms with E-state index in [2.05, 4.69) is 12.2 Å². The van der Waals surface area contributed by atoms with Crippen LogP contribution in [-0.4, -0.2) is 11.8 Å². The highest BCUT2D eigenvalue weighted by Gasteiger charge is 1.88. The van der Waals surface area contributed by atoms with Gasteiger partial charge in [0.05, 0.1) is 0 Å². The zero-order valence-electron chi connectivity index (χ0n) is 6.15. The van der Waals surface area contributed by atoms with Crippen molar-refractivity contribution in [2.75, 3.05) is 6.73 Å². The Morgan fingerprint density at radius 1 is 1.67 bits per heavy atom. The first kappa shape index (κ1) is 8.50. The Morgan fingerprint density at radius 3 is 2.67 bits per heavy atom. The molecule has 0 aliphatic heterocycles. The van der Waals surface area contributed by atoms with Crippen molar-refractivity contribution in [1.29, 1.82) is 0 Å². The van der Waals surface area contributed by atoms with Crippen molar-refractivity contribution in [2.24, 2.45) is 0 Å². The lowest BCUT2D eigenvalue weighted by Gasteiger charge is -2.04. The van der Waals surface area contributed by atoms with Crippen LogP contribution in [0.5, 0.6) is 0 Å². The molecule has 9 heavy (non-hydrogen) atoms. The van der Waals surface area contributed by atoms with Gasteiger partial charge in [0, 0.05) is 5.70 Å². The first-order valence-corrected chi connectivity index (χ1v) is 3.35. The van der Waals surface area contributed by atoms with Crippen LogP contribution in [0.3, 0.4) is 0 Å². The van der Waals surface area contributed by atoms with Gasteiger partial charge in [0.15, 0.2) is 0 Å². The minimum Gasteiger partial charge on any atom is -0.377 e. The summed E-state index contributed by atoms with van der Waals surface area (Å²) in [5.74, 6) is 0. The maximum atomic E-state index is 8.44. The van der Waals surface area contributed by atoms with Crippen LogP contribution in [0, 0.1) is 0 Å². The molecule has 0 atom stereocenters. The van der Waals surface area contributed by atoms with Crippen molar-refractivity contribution in [2.45, 2.75) is 26.7 Å². The second-order valence-corrected chi connectivity index (χ2v) is 1.90. The van der Waals surface area contributed by atoms with E-state index in [9.17, 15) is 0 Å². The number of rotatable bonds is 4. The van der Waals surface area contributed by atoms with Crippen LogP contribution >= 0.6 is 0 Å². The highest BCUT2D eigenvalue weighted by molar-refractivity contribution is 4.95. The maximum absolute atomic E-state index is 8.44. The number of aliphatic hydroxyl groups is 1. The van der Waals surface area contributed by atoms with E-state index in [4.69, 9.17) is 5.11 Å². The van der Waals surface area contributed by atoms with E-state index < -0.39 is 0 Å². The van der Waals surface area contributed by atoms with E-state index in [1.165, 1.54) is 0 Å². The molecule has 0 bridgehead atoms. The van der Waals surface area contributed by atoms with Gasteiger partial charge < -0.3 is 10.4 Å². The highest BCUT2D eigenvalue weighted by Crippen LogP contribution is 1.98. The smallest absolute Gasteiger partial charge is 0.113 e. The van der Waals surface area contributed by atoms with Gasteiger partial charge in [-0.15, -0.1) is 0 Å². The average molecular weight is 129 g/mol. The molecule has 0 unspecified atom stereocenters. The predicted octanol–water partition coefficient (Wildman–Crippen LogP) is 1.23. The van der Waals surface area contributed by atoms with E-state index >= 15 is 0 Å². The topological polar surface area (TPSA) is 32.3 Å². The molecule has 2 heteroatoms. The Hall–Kier alpha value is -0.500. The molecule has 0 spiro atoms. The zero-order valence-corrected chi connectivity index (χ0v) is 6.15. The molecule has 0 aromatic heterocycles. The number of allylic oxidation sites excluding steroid dienone is 2. The molecular formula is C7H15NO. The Bertz CT molecular complexity index is 80.9. The first-order valence-electron chi connectivity index (χ1n) is 3.35. The lowest BCUT2D eigenvalue weighted by molar-refractivity contribution is 0.272. The summed E-state index contributed by atoms with van der Waals surface area (Å²) in [6, 6.07) is 0. The number of hydrogen-bond donors (Lipinski definition) is 2. The van der Waals surface area contributed by atoms with Crippen LogP contribution in [-0.2, 0) is 0 Å². The molecule has 2 N–H and O–H groups in total. The van der Waals surface area contributed by atoms with Gasteiger partial charge in [-0.1, -0.05) is 19.4 Å². The van der Waals surface area contributed by atoms with Crippen LogP contribution in [0.1, 0.15) is 26.7 Å². The zero-order chi connectivity index (χ0) is 7.11. The molecule has 0 aromatic carbocycles. The molecule has 0 radical (unpaired) electrons. The van der Waals surface area contributed by atoms with Crippen LogP contribution in [0.4, 0.5) is 0 Å². The summed E-state index contributed by atoms with van der Waals surface area (Å²) in [4.78, 5) is 0. The SMILES string of the molecule is CC=C(CCC)NCO. The molecule has 0 aliphatic rings. The van der Waals surface area contributed by atoms with Gasteiger partial charge in [-0.3, -0.25) is 0 Å². The van der Waals surface area contributed by atoms with Crippen LogP contribution in [0.2, 0.25) is 0 Å². The summed E-state index contributed by atoms with van der Waals surface area (Å²) in [6.07, 6.45) is 4.13. The summed E-state index contributed by atoms with van der Waals surface area (Å²) in [5, 5.41) is 11.3. The minimum absolute atomic E-state index is 0.0413. The highest BCUT2D eigenvalue weighted by atomic mass is 16.3. The number of hydrogen-bond acceptors (Lipinski definition) is 2. The molecular weight excluding hydrogens is 114 g/mol. The number of aliphatic hydroxyl groups excluding tert-OH is 1.